The molecule has 2 rings (SSSR count). The highest BCUT2D eigenvalue weighted by atomic mass is 35.5. The van der Waals surface area contributed by atoms with Crippen molar-refractivity contribution >= 4 is 24.2 Å². The summed E-state index contributed by atoms with van der Waals surface area (Å²) in [7, 11) is 0. The van der Waals surface area contributed by atoms with Crippen molar-refractivity contribution in [1.82, 2.24) is 10.2 Å². The number of alkyl halides is 2. The second-order valence-corrected chi connectivity index (χ2v) is 5.58. The summed E-state index contributed by atoms with van der Waals surface area (Å²) in [4.78, 5) is 3.33. The van der Waals surface area contributed by atoms with Crippen LogP contribution in [0.2, 0.25) is 0 Å². The number of benzene rings is 1. The Morgan fingerprint density at radius 2 is 1.80 bits per heavy atom. The van der Waals surface area contributed by atoms with Gasteiger partial charge in [0.05, 0.1) is 0 Å². The van der Waals surface area contributed by atoms with Gasteiger partial charge in [-0.3, -0.25) is 4.90 Å². The number of thioether (sulfide) groups is 1. The van der Waals surface area contributed by atoms with Crippen LogP contribution in [0.25, 0.3) is 0 Å². The molecule has 1 saturated heterocycles. The van der Waals surface area contributed by atoms with Crippen molar-refractivity contribution in [2.45, 2.75) is 23.8 Å². The van der Waals surface area contributed by atoms with E-state index in [1.165, 1.54) is 4.90 Å². The molecule has 1 aliphatic rings. The van der Waals surface area contributed by atoms with Gasteiger partial charge in [0.1, 0.15) is 0 Å². The molecule has 1 N–H and O–H groups in total. The van der Waals surface area contributed by atoms with Gasteiger partial charge < -0.3 is 5.32 Å². The zero-order chi connectivity index (χ0) is 13.7. The SMILES string of the molecule is CSc1ccc([C@@H](CC(F)F)N2CCNCC2)cc1.Cl. The summed E-state index contributed by atoms with van der Waals surface area (Å²) >= 11 is 1.67. The number of rotatable bonds is 5. The molecule has 1 atom stereocenters. The van der Waals surface area contributed by atoms with Crippen LogP contribution >= 0.6 is 24.2 Å². The van der Waals surface area contributed by atoms with Crippen molar-refractivity contribution in [3.05, 3.63) is 29.8 Å². The first-order valence-corrected chi connectivity index (χ1v) is 7.80. The maximum atomic E-state index is 12.8. The molecule has 0 radical (unpaired) electrons. The molecule has 6 heteroatoms. The minimum absolute atomic E-state index is 0. The van der Waals surface area contributed by atoms with Gasteiger partial charge in [0, 0.05) is 43.5 Å². The zero-order valence-electron chi connectivity index (χ0n) is 11.5. The summed E-state index contributed by atoms with van der Waals surface area (Å²) in [5, 5.41) is 3.26. The molecule has 0 unspecified atom stereocenters. The Bertz CT molecular complexity index is 383. The first-order chi connectivity index (χ1) is 9.20. The maximum Gasteiger partial charge on any atom is 0.240 e. The van der Waals surface area contributed by atoms with E-state index >= 15 is 0 Å². The van der Waals surface area contributed by atoms with Gasteiger partial charge in [-0.25, -0.2) is 8.78 Å². The highest BCUT2D eigenvalue weighted by molar-refractivity contribution is 7.98. The highest BCUT2D eigenvalue weighted by Crippen LogP contribution is 2.29. The van der Waals surface area contributed by atoms with E-state index in [4.69, 9.17) is 0 Å². The number of halogens is 3. The molecule has 2 nitrogen and oxygen atoms in total. The summed E-state index contributed by atoms with van der Waals surface area (Å²) < 4.78 is 25.6. The van der Waals surface area contributed by atoms with E-state index in [9.17, 15) is 8.78 Å². The lowest BCUT2D eigenvalue weighted by Crippen LogP contribution is -2.45. The van der Waals surface area contributed by atoms with Gasteiger partial charge in [0.2, 0.25) is 6.43 Å². The third-order valence-corrected chi connectivity index (χ3v) is 4.24. The van der Waals surface area contributed by atoms with E-state index in [1.807, 2.05) is 30.5 Å². The van der Waals surface area contributed by atoms with Gasteiger partial charge in [0.25, 0.3) is 0 Å². The van der Waals surface area contributed by atoms with Gasteiger partial charge in [-0.05, 0) is 24.0 Å². The Morgan fingerprint density at radius 1 is 1.20 bits per heavy atom. The largest absolute Gasteiger partial charge is 0.314 e. The van der Waals surface area contributed by atoms with Gasteiger partial charge in [-0.15, -0.1) is 24.2 Å². The second-order valence-electron chi connectivity index (χ2n) is 4.70. The number of piperazine rings is 1. The van der Waals surface area contributed by atoms with E-state index in [0.717, 1.165) is 31.7 Å². The summed E-state index contributed by atoms with van der Waals surface area (Å²) in [6.45, 7) is 3.43. The summed E-state index contributed by atoms with van der Waals surface area (Å²) in [5.41, 5.74) is 1.00. The van der Waals surface area contributed by atoms with Crippen LogP contribution in [0.1, 0.15) is 18.0 Å². The Morgan fingerprint density at radius 3 is 2.30 bits per heavy atom. The van der Waals surface area contributed by atoms with Crippen LogP contribution in [0, 0.1) is 0 Å². The van der Waals surface area contributed by atoms with E-state index < -0.39 is 6.43 Å². The molecule has 1 aromatic carbocycles. The maximum absolute atomic E-state index is 12.8. The normalized spacial score (nSPS) is 17.8. The Labute approximate surface area is 129 Å². The fraction of sp³-hybridized carbons (Fsp3) is 0.571. The minimum atomic E-state index is -2.26. The number of hydrogen-bond donors (Lipinski definition) is 1. The second kappa shape index (κ2) is 8.82. The average molecular weight is 323 g/mol. The Balaban J connectivity index is 0.00000200. The van der Waals surface area contributed by atoms with E-state index in [1.54, 1.807) is 11.8 Å². The lowest BCUT2D eigenvalue weighted by atomic mass is 10.0. The smallest absolute Gasteiger partial charge is 0.240 e. The number of nitrogens with zero attached hydrogens (tertiary/aromatic N) is 1. The van der Waals surface area contributed by atoms with Gasteiger partial charge in [-0.1, -0.05) is 12.1 Å². The average Bonchev–Trinajstić information content (AvgIpc) is 2.46. The van der Waals surface area contributed by atoms with Crippen LogP contribution in [0.5, 0.6) is 0 Å². The lowest BCUT2D eigenvalue weighted by molar-refractivity contribution is 0.0739. The van der Waals surface area contributed by atoms with Crippen molar-refractivity contribution in [1.29, 1.82) is 0 Å². The summed E-state index contributed by atoms with van der Waals surface area (Å²) in [5.74, 6) is 0. The van der Waals surface area contributed by atoms with Gasteiger partial charge in [-0.2, -0.15) is 0 Å². The topological polar surface area (TPSA) is 15.3 Å². The van der Waals surface area contributed by atoms with E-state index in [0.29, 0.717) is 0 Å². The van der Waals surface area contributed by atoms with Crippen LogP contribution in [0.15, 0.2) is 29.2 Å². The fourth-order valence-electron chi connectivity index (χ4n) is 2.48. The van der Waals surface area contributed by atoms with Crippen LogP contribution in [0.4, 0.5) is 8.78 Å². The Kier molecular flexibility index (Phi) is 7.80. The van der Waals surface area contributed by atoms with Crippen LogP contribution in [-0.4, -0.2) is 43.8 Å². The van der Waals surface area contributed by atoms with Crippen molar-refractivity contribution in [2.24, 2.45) is 0 Å². The number of hydrogen-bond acceptors (Lipinski definition) is 3. The minimum Gasteiger partial charge on any atom is -0.314 e. The predicted molar refractivity (Wildman–Crippen MR) is 83.3 cm³/mol. The molecule has 1 aliphatic heterocycles. The molecule has 1 heterocycles. The summed E-state index contributed by atoms with van der Waals surface area (Å²) in [6, 6.07) is 7.83. The van der Waals surface area contributed by atoms with Crippen LogP contribution in [0.3, 0.4) is 0 Å². The monoisotopic (exact) mass is 322 g/mol. The lowest BCUT2D eigenvalue weighted by Gasteiger charge is -2.35. The fourth-order valence-corrected chi connectivity index (χ4v) is 2.89. The van der Waals surface area contributed by atoms with Crippen LogP contribution in [-0.2, 0) is 0 Å². The molecule has 0 spiro atoms. The molecule has 0 saturated carbocycles. The Hall–Kier alpha value is -0.360. The number of nitrogens with one attached hydrogen (secondary N) is 1. The zero-order valence-corrected chi connectivity index (χ0v) is 13.2. The molecule has 1 fully saturated rings. The van der Waals surface area contributed by atoms with E-state index in [2.05, 4.69) is 10.2 Å². The molecule has 0 amide bonds. The first kappa shape index (κ1) is 17.7. The molecule has 0 bridgehead atoms. The molecular formula is C14H21ClF2N2S. The third kappa shape index (κ3) is 4.88. The molecule has 0 aliphatic carbocycles. The standard InChI is InChI=1S/C14H20F2N2S.ClH/c1-19-12-4-2-11(3-5-12)13(10-14(15)16)18-8-6-17-7-9-18;/h2-5,13-14,17H,6-10H2,1H3;1H/t13-;/m1./s1. The summed E-state index contributed by atoms with van der Waals surface area (Å²) in [6.07, 6.45) is -0.333. The third-order valence-electron chi connectivity index (χ3n) is 3.49. The van der Waals surface area contributed by atoms with Crippen molar-refractivity contribution in [3.8, 4) is 0 Å². The van der Waals surface area contributed by atoms with Crippen molar-refractivity contribution in [2.75, 3.05) is 32.4 Å². The van der Waals surface area contributed by atoms with Crippen molar-refractivity contribution in [3.63, 3.8) is 0 Å². The highest BCUT2D eigenvalue weighted by Gasteiger charge is 2.25. The van der Waals surface area contributed by atoms with Gasteiger partial charge in [0.15, 0.2) is 0 Å². The molecule has 20 heavy (non-hydrogen) atoms. The van der Waals surface area contributed by atoms with Crippen molar-refractivity contribution < 1.29 is 8.78 Å². The predicted octanol–water partition coefficient (Wildman–Crippen LogP) is 3.43. The van der Waals surface area contributed by atoms with Gasteiger partial charge >= 0.3 is 0 Å². The molecule has 1 aromatic rings. The molecule has 0 aromatic heterocycles. The van der Waals surface area contributed by atoms with Crippen LogP contribution < -0.4 is 5.32 Å². The quantitative estimate of drug-likeness (QED) is 0.836. The first-order valence-electron chi connectivity index (χ1n) is 6.57. The van der Waals surface area contributed by atoms with E-state index in [-0.39, 0.29) is 24.9 Å². The molecule has 114 valence electrons. The molecular weight excluding hydrogens is 302 g/mol.